The number of aliphatic hydroxyl groups excluding tert-OH is 3. The Labute approximate surface area is 163 Å². The van der Waals surface area contributed by atoms with Crippen LogP contribution in [0.2, 0.25) is 0 Å². The number of ketones is 1. The lowest BCUT2D eigenvalue weighted by molar-refractivity contribution is -0.218. The maximum Gasteiger partial charge on any atom is 0.214 e. The number of hydrogen-bond donors (Lipinski definition) is 4. The molecule has 5 nitrogen and oxygen atoms in total. The number of rotatable bonds is 2. The highest BCUT2D eigenvalue weighted by Gasteiger charge is 2.69. The van der Waals surface area contributed by atoms with E-state index in [9.17, 15) is 24.9 Å². The van der Waals surface area contributed by atoms with Crippen molar-refractivity contribution >= 4 is 23.5 Å². The summed E-state index contributed by atoms with van der Waals surface area (Å²) in [6.45, 7) is 5.19. The Morgan fingerprint density at radius 1 is 1.44 bits per heavy atom. The molecule has 27 heavy (non-hydrogen) atoms. The highest BCUT2D eigenvalue weighted by molar-refractivity contribution is 7.96. The lowest BCUT2D eigenvalue weighted by Crippen LogP contribution is -2.68. The summed E-state index contributed by atoms with van der Waals surface area (Å²) < 4.78 is 16.7. The summed E-state index contributed by atoms with van der Waals surface area (Å²) in [5.74, 6) is -1.33. The van der Waals surface area contributed by atoms with Gasteiger partial charge in [0.1, 0.15) is 11.8 Å². The fourth-order valence-corrected chi connectivity index (χ4v) is 6.14. The zero-order chi connectivity index (χ0) is 20.4. The van der Waals surface area contributed by atoms with Gasteiger partial charge in [-0.15, -0.1) is 12.6 Å². The second-order valence-corrected chi connectivity index (χ2v) is 9.31. The van der Waals surface area contributed by atoms with Crippen molar-refractivity contribution in [3.63, 3.8) is 0 Å². The topological polar surface area (TPSA) is 94.8 Å². The lowest BCUT2D eigenvalue weighted by Gasteiger charge is -2.63. The second-order valence-electron chi connectivity index (χ2n) is 8.87. The van der Waals surface area contributed by atoms with Crippen molar-refractivity contribution in [2.45, 2.75) is 64.3 Å². The van der Waals surface area contributed by atoms with Crippen LogP contribution in [0.15, 0.2) is 23.5 Å². The normalized spacial score (nSPS) is 47.1. The molecule has 3 rings (SSSR count). The fraction of sp³-hybridized carbons (Fsp3) is 0.700. The maximum absolute atomic E-state index is 16.7. The Bertz CT molecular complexity index is 749. The van der Waals surface area contributed by atoms with Crippen LogP contribution in [0.5, 0.6) is 0 Å². The van der Waals surface area contributed by atoms with Crippen LogP contribution in [0.4, 0.5) is 4.39 Å². The van der Waals surface area contributed by atoms with Gasteiger partial charge in [0.05, 0.1) is 12.4 Å². The number of aliphatic hydroxyl groups is 3. The second kappa shape index (κ2) is 6.42. The number of allylic oxidation sites excluding steroid dienone is 3. The molecule has 0 aromatic rings. The van der Waals surface area contributed by atoms with Gasteiger partial charge in [-0.3, -0.25) is 9.59 Å². The first-order valence-corrected chi connectivity index (χ1v) is 9.74. The molecule has 3 aliphatic carbocycles. The van der Waals surface area contributed by atoms with Gasteiger partial charge < -0.3 is 15.3 Å². The van der Waals surface area contributed by atoms with Crippen LogP contribution in [0, 0.1) is 22.7 Å². The monoisotopic (exact) mass is 398 g/mol. The quantitative estimate of drug-likeness (QED) is 0.326. The molecule has 0 amide bonds. The van der Waals surface area contributed by atoms with Gasteiger partial charge in [-0.1, -0.05) is 26.3 Å². The molecule has 2 saturated carbocycles. The Morgan fingerprint density at radius 2 is 2.07 bits per heavy atom. The van der Waals surface area contributed by atoms with Gasteiger partial charge in [0.2, 0.25) is 5.12 Å². The van der Waals surface area contributed by atoms with Crippen molar-refractivity contribution in [3.05, 3.63) is 23.5 Å². The summed E-state index contributed by atoms with van der Waals surface area (Å²) in [7, 11) is 0. The number of halogens is 1. The molecule has 7 heteroatoms. The van der Waals surface area contributed by atoms with Gasteiger partial charge in [-0.2, -0.15) is 0 Å². The first-order chi connectivity index (χ1) is 12.4. The van der Waals surface area contributed by atoms with E-state index in [2.05, 4.69) is 12.6 Å². The molecule has 0 aromatic heterocycles. The van der Waals surface area contributed by atoms with Gasteiger partial charge in [-0.05, 0) is 43.6 Å². The number of carbonyl (C=O) groups excluding carboxylic acids is 2. The molecule has 0 bridgehead atoms. The van der Waals surface area contributed by atoms with Crippen LogP contribution in [0.1, 0.15) is 46.5 Å². The molecule has 3 N–H and O–H groups in total. The molecule has 0 aromatic carbocycles. The smallest absolute Gasteiger partial charge is 0.214 e. The zero-order valence-corrected chi connectivity index (χ0v) is 16.7. The summed E-state index contributed by atoms with van der Waals surface area (Å²) in [4.78, 5) is 23.8. The molecule has 3 aliphatic rings. The predicted octanol–water partition coefficient (Wildman–Crippen LogP) is 2.68. The van der Waals surface area contributed by atoms with E-state index < -0.39 is 45.7 Å². The van der Waals surface area contributed by atoms with Crippen LogP contribution in [0.3, 0.4) is 0 Å². The van der Waals surface area contributed by atoms with Crippen molar-refractivity contribution in [1.29, 1.82) is 0 Å². The van der Waals surface area contributed by atoms with E-state index in [0.29, 0.717) is 18.4 Å². The van der Waals surface area contributed by atoms with Gasteiger partial charge in [0, 0.05) is 16.4 Å². The van der Waals surface area contributed by atoms with Crippen molar-refractivity contribution in [2.24, 2.45) is 22.7 Å². The molecule has 150 valence electrons. The average Bonchev–Trinajstić information content (AvgIpc) is 2.60. The highest BCUT2D eigenvalue weighted by Crippen LogP contribution is 2.66. The molecule has 0 saturated heterocycles. The molecular weight excluding hydrogens is 371 g/mol. The van der Waals surface area contributed by atoms with Gasteiger partial charge in [0.15, 0.2) is 5.78 Å². The number of alkyl halides is 1. The summed E-state index contributed by atoms with van der Waals surface area (Å²) in [6.07, 6.45) is 0.105. The largest absolute Gasteiger partial charge is 0.515 e. The number of fused-ring (bicyclic) bond motifs is 3. The van der Waals surface area contributed by atoms with E-state index in [1.54, 1.807) is 20.8 Å². The molecule has 0 spiro atoms. The van der Waals surface area contributed by atoms with Crippen LogP contribution < -0.4 is 0 Å². The van der Waals surface area contributed by atoms with Crippen LogP contribution in [0.25, 0.3) is 0 Å². The van der Waals surface area contributed by atoms with E-state index in [1.807, 2.05) is 0 Å². The summed E-state index contributed by atoms with van der Waals surface area (Å²) in [6, 6.07) is 0. The summed E-state index contributed by atoms with van der Waals surface area (Å²) >= 11 is 3.75. The number of thiol groups is 1. The van der Waals surface area contributed by atoms with Gasteiger partial charge >= 0.3 is 0 Å². The first-order valence-electron chi connectivity index (χ1n) is 9.30. The molecule has 0 radical (unpaired) electrons. The van der Waals surface area contributed by atoms with E-state index in [0.717, 1.165) is 6.26 Å². The van der Waals surface area contributed by atoms with Crippen LogP contribution in [-0.2, 0) is 9.59 Å². The van der Waals surface area contributed by atoms with Gasteiger partial charge in [0.25, 0.3) is 0 Å². The van der Waals surface area contributed by atoms with Crippen molar-refractivity contribution in [1.82, 2.24) is 0 Å². The minimum atomic E-state index is -2.04. The van der Waals surface area contributed by atoms with Crippen molar-refractivity contribution in [2.75, 3.05) is 0 Å². The Kier molecular flexibility index (Phi) is 4.89. The number of carbonyl (C=O) groups is 2. The first kappa shape index (κ1) is 20.6. The predicted molar refractivity (Wildman–Crippen MR) is 101 cm³/mol. The SMILES string of the molecule is C[C@H]1C2CCC3=CC(=O)/C(=C\O)C[C@]3(C)[C@@]2(F)[C@@H](O)C[C@]1(C)[C@H](O)C(=O)S. The van der Waals surface area contributed by atoms with Crippen LogP contribution in [-0.4, -0.2) is 44.1 Å². The Hall–Kier alpha value is -1.18. The maximum atomic E-state index is 16.7. The van der Waals surface area contributed by atoms with E-state index >= 15 is 4.39 Å². The minimum absolute atomic E-state index is 0.00964. The average molecular weight is 398 g/mol. The van der Waals surface area contributed by atoms with Crippen molar-refractivity contribution < 1.29 is 29.3 Å². The molecular formula is C20H27FO5S. The molecule has 7 atom stereocenters. The molecule has 2 fully saturated rings. The third kappa shape index (κ3) is 2.58. The van der Waals surface area contributed by atoms with Crippen LogP contribution >= 0.6 is 12.6 Å². The van der Waals surface area contributed by atoms with E-state index in [1.165, 1.54) is 6.08 Å². The van der Waals surface area contributed by atoms with E-state index in [-0.39, 0.29) is 24.2 Å². The fourth-order valence-electron chi connectivity index (χ4n) is 5.84. The zero-order valence-electron chi connectivity index (χ0n) is 15.8. The highest BCUT2D eigenvalue weighted by atomic mass is 32.1. The summed E-state index contributed by atoms with van der Waals surface area (Å²) in [5, 5.41) is 30.1. The lowest BCUT2D eigenvalue weighted by atomic mass is 9.44. The number of hydrogen-bond acceptors (Lipinski definition) is 5. The van der Waals surface area contributed by atoms with Gasteiger partial charge in [-0.25, -0.2) is 4.39 Å². The summed E-state index contributed by atoms with van der Waals surface area (Å²) in [5.41, 5.74) is -3.40. The molecule has 0 aliphatic heterocycles. The Morgan fingerprint density at radius 3 is 2.63 bits per heavy atom. The molecule has 0 heterocycles. The molecule has 1 unspecified atom stereocenters. The Balaban J connectivity index is 2.10. The van der Waals surface area contributed by atoms with E-state index in [4.69, 9.17) is 0 Å². The third-order valence-corrected chi connectivity index (χ3v) is 8.01. The minimum Gasteiger partial charge on any atom is -0.515 e. The van der Waals surface area contributed by atoms with Crippen molar-refractivity contribution in [3.8, 4) is 0 Å². The standard InChI is InChI=1S/C20H27FO5S/c1-10-13-5-4-12-6-14(23)11(9-22)7-19(12,3)20(13,21)15(24)8-18(10,2)16(25)17(26)27/h6,9-10,13,15-16,22,24-25H,4-5,7-8H2,1-3H3,(H,26,27)/b11-9-/t10-,13?,15-,16+,18-,19-,20-/m0/s1. The third-order valence-electron chi connectivity index (χ3n) is 7.76.